The molecule has 0 spiro atoms. The standard InChI is InChI=1S/C24H50O/c1-3-5-7-8-9-10-13-17-21-24(20-16-6-4-2)22-18-14-11-12-15-19-23-25/h24-25H,3-23H2,1-2H3. The molecule has 0 aliphatic rings. The molecule has 0 fully saturated rings. The van der Waals surface area contributed by atoms with Crippen molar-refractivity contribution in [2.75, 3.05) is 6.61 Å². The third kappa shape index (κ3) is 20.1. The van der Waals surface area contributed by atoms with Gasteiger partial charge < -0.3 is 5.11 Å². The topological polar surface area (TPSA) is 20.2 Å². The average molecular weight is 355 g/mol. The number of rotatable bonds is 21. The van der Waals surface area contributed by atoms with Crippen LogP contribution in [0.2, 0.25) is 0 Å². The van der Waals surface area contributed by atoms with Gasteiger partial charge >= 0.3 is 0 Å². The van der Waals surface area contributed by atoms with Gasteiger partial charge in [0.2, 0.25) is 0 Å². The summed E-state index contributed by atoms with van der Waals surface area (Å²) in [5.74, 6) is 1.00. The molecule has 0 heterocycles. The van der Waals surface area contributed by atoms with Gasteiger partial charge in [0, 0.05) is 6.61 Å². The van der Waals surface area contributed by atoms with E-state index in [1.807, 2.05) is 0 Å². The van der Waals surface area contributed by atoms with Crippen LogP contribution in [-0.2, 0) is 0 Å². The van der Waals surface area contributed by atoms with Crippen LogP contribution in [-0.4, -0.2) is 11.7 Å². The summed E-state index contributed by atoms with van der Waals surface area (Å²) < 4.78 is 0. The highest BCUT2D eigenvalue weighted by atomic mass is 16.2. The maximum absolute atomic E-state index is 8.82. The van der Waals surface area contributed by atoms with Crippen molar-refractivity contribution in [2.24, 2.45) is 5.92 Å². The zero-order chi connectivity index (χ0) is 18.4. The highest BCUT2D eigenvalue weighted by Crippen LogP contribution is 2.24. The molecule has 1 nitrogen and oxygen atoms in total. The first-order valence-electron chi connectivity index (χ1n) is 12.0. The summed E-state index contributed by atoms with van der Waals surface area (Å²) >= 11 is 0. The quantitative estimate of drug-likeness (QED) is 0.205. The average Bonchev–Trinajstić information content (AvgIpc) is 2.62. The van der Waals surface area contributed by atoms with Crippen LogP contribution in [0, 0.1) is 5.92 Å². The fourth-order valence-corrected chi connectivity index (χ4v) is 3.93. The van der Waals surface area contributed by atoms with Crippen molar-refractivity contribution in [1.82, 2.24) is 0 Å². The van der Waals surface area contributed by atoms with Crippen LogP contribution in [0.15, 0.2) is 0 Å². The van der Waals surface area contributed by atoms with Crippen LogP contribution in [0.1, 0.15) is 142 Å². The van der Waals surface area contributed by atoms with E-state index in [1.165, 1.54) is 122 Å². The molecule has 1 atom stereocenters. The molecule has 0 aromatic heterocycles. The van der Waals surface area contributed by atoms with Gasteiger partial charge in [-0.2, -0.15) is 0 Å². The van der Waals surface area contributed by atoms with Crippen LogP contribution in [0.4, 0.5) is 0 Å². The fraction of sp³-hybridized carbons (Fsp3) is 1.00. The zero-order valence-electron chi connectivity index (χ0n) is 17.9. The number of hydrogen-bond donors (Lipinski definition) is 1. The lowest BCUT2D eigenvalue weighted by Crippen LogP contribution is -2.01. The maximum atomic E-state index is 8.82. The molecular weight excluding hydrogens is 304 g/mol. The molecule has 1 unspecified atom stereocenters. The SMILES string of the molecule is CCCCCCCCCCC(CCCCC)CCCCCCCCO. The molecule has 1 heteroatoms. The van der Waals surface area contributed by atoms with Gasteiger partial charge in [-0.1, -0.05) is 136 Å². The molecule has 0 bridgehead atoms. The van der Waals surface area contributed by atoms with Crippen LogP contribution in [0.3, 0.4) is 0 Å². The fourth-order valence-electron chi connectivity index (χ4n) is 3.93. The van der Waals surface area contributed by atoms with E-state index in [4.69, 9.17) is 5.11 Å². The van der Waals surface area contributed by atoms with Crippen molar-refractivity contribution in [3.05, 3.63) is 0 Å². The van der Waals surface area contributed by atoms with Crippen LogP contribution in [0.5, 0.6) is 0 Å². The van der Waals surface area contributed by atoms with Crippen LogP contribution >= 0.6 is 0 Å². The van der Waals surface area contributed by atoms with E-state index < -0.39 is 0 Å². The van der Waals surface area contributed by atoms with Gasteiger partial charge in [-0.15, -0.1) is 0 Å². The molecule has 152 valence electrons. The Balaban J connectivity index is 3.64. The first kappa shape index (κ1) is 25.0. The Morgan fingerprint density at radius 3 is 1.20 bits per heavy atom. The van der Waals surface area contributed by atoms with Gasteiger partial charge in [0.1, 0.15) is 0 Å². The van der Waals surface area contributed by atoms with Crippen molar-refractivity contribution in [2.45, 2.75) is 142 Å². The number of aliphatic hydroxyl groups is 1. The summed E-state index contributed by atoms with van der Waals surface area (Å²) in [5, 5.41) is 8.82. The molecular formula is C24H50O. The van der Waals surface area contributed by atoms with Crippen LogP contribution < -0.4 is 0 Å². The summed E-state index contributed by atoms with van der Waals surface area (Å²) in [5.41, 5.74) is 0. The van der Waals surface area contributed by atoms with Crippen molar-refractivity contribution in [1.29, 1.82) is 0 Å². The molecule has 0 aromatic carbocycles. The van der Waals surface area contributed by atoms with E-state index in [1.54, 1.807) is 0 Å². The van der Waals surface area contributed by atoms with Crippen molar-refractivity contribution in [3.8, 4) is 0 Å². The Hall–Kier alpha value is -0.0400. The third-order valence-electron chi connectivity index (χ3n) is 5.70. The van der Waals surface area contributed by atoms with Crippen molar-refractivity contribution >= 4 is 0 Å². The summed E-state index contributed by atoms with van der Waals surface area (Å²) in [4.78, 5) is 0. The van der Waals surface area contributed by atoms with Gasteiger partial charge in [0.15, 0.2) is 0 Å². The molecule has 0 radical (unpaired) electrons. The van der Waals surface area contributed by atoms with E-state index in [9.17, 15) is 0 Å². The Labute approximate surface area is 160 Å². The third-order valence-corrected chi connectivity index (χ3v) is 5.70. The molecule has 1 N–H and O–H groups in total. The van der Waals surface area contributed by atoms with Gasteiger partial charge in [-0.25, -0.2) is 0 Å². The zero-order valence-corrected chi connectivity index (χ0v) is 17.9. The van der Waals surface area contributed by atoms with Gasteiger partial charge in [0.25, 0.3) is 0 Å². The second kappa shape index (κ2) is 22.0. The minimum absolute atomic E-state index is 0.373. The summed E-state index contributed by atoms with van der Waals surface area (Å²) in [6.45, 7) is 4.99. The molecule has 0 aromatic rings. The van der Waals surface area contributed by atoms with Crippen molar-refractivity contribution < 1.29 is 5.11 Å². The van der Waals surface area contributed by atoms with Crippen LogP contribution in [0.25, 0.3) is 0 Å². The number of hydrogen-bond acceptors (Lipinski definition) is 1. The molecule has 0 amide bonds. The predicted molar refractivity (Wildman–Crippen MR) is 114 cm³/mol. The predicted octanol–water partition coefficient (Wildman–Crippen LogP) is 8.44. The normalized spacial score (nSPS) is 12.6. The van der Waals surface area contributed by atoms with E-state index in [-0.39, 0.29) is 0 Å². The summed E-state index contributed by atoms with van der Waals surface area (Å²) in [6.07, 6.45) is 28.0. The molecule has 25 heavy (non-hydrogen) atoms. The molecule has 0 saturated heterocycles. The van der Waals surface area contributed by atoms with Gasteiger partial charge in [0.05, 0.1) is 0 Å². The minimum Gasteiger partial charge on any atom is -0.396 e. The summed E-state index contributed by atoms with van der Waals surface area (Å²) in [6, 6.07) is 0. The Bertz CT molecular complexity index is 226. The molecule has 0 saturated carbocycles. The highest BCUT2D eigenvalue weighted by molar-refractivity contribution is 4.62. The largest absolute Gasteiger partial charge is 0.396 e. The lowest BCUT2D eigenvalue weighted by atomic mass is 9.89. The second-order valence-electron chi connectivity index (χ2n) is 8.26. The van der Waals surface area contributed by atoms with Gasteiger partial charge in [-0.3, -0.25) is 0 Å². The summed E-state index contributed by atoms with van der Waals surface area (Å²) in [7, 11) is 0. The molecule has 0 rings (SSSR count). The van der Waals surface area contributed by atoms with E-state index in [2.05, 4.69) is 13.8 Å². The monoisotopic (exact) mass is 354 g/mol. The lowest BCUT2D eigenvalue weighted by Gasteiger charge is -2.17. The smallest absolute Gasteiger partial charge is 0.0431 e. The first-order valence-corrected chi connectivity index (χ1v) is 12.0. The number of aliphatic hydroxyl groups excluding tert-OH is 1. The highest BCUT2D eigenvalue weighted by Gasteiger charge is 2.08. The van der Waals surface area contributed by atoms with Crippen molar-refractivity contribution in [3.63, 3.8) is 0 Å². The minimum atomic E-state index is 0.373. The van der Waals surface area contributed by atoms with Gasteiger partial charge in [-0.05, 0) is 12.3 Å². The Kier molecular flexibility index (Phi) is 22.0. The first-order chi connectivity index (χ1) is 12.3. The van der Waals surface area contributed by atoms with E-state index >= 15 is 0 Å². The van der Waals surface area contributed by atoms with E-state index in [0.717, 1.165) is 12.3 Å². The molecule has 0 aliphatic heterocycles. The molecule has 0 aliphatic carbocycles. The second-order valence-corrected chi connectivity index (χ2v) is 8.26. The lowest BCUT2D eigenvalue weighted by molar-refractivity contribution is 0.282. The maximum Gasteiger partial charge on any atom is 0.0431 e. The Morgan fingerprint density at radius 1 is 0.440 bits per heavy atom. The Morgan fingerprint density at radius 2 is 0.760 bits per heavy atom. The number of unbranched alkanes of at least 4 members (excludes halogenated alkanes) is 14. The van der Waals surface area contributed by atoms with E-state index in [0.29, 0.717) is 6.61 Å².